The number of rotatable bonds is 4. The van der Waals surface area contributed by atoms with E-state index in [9.17, 15) is 0 Å². The van der Waals surface area contributed by atoms with Gasteiger partial charge in [-0.2, -0.15) is 5.26 Å². The first kappa shape index (κ1) is 10.5. The van der Waals surface area contributed by atoms with Crippen LogP contribution >= 0.6 is 0 Å². The van der Waals surface area contributed by atoms with Crippen molar-refractivity contribution in [2.24, 2.45) is 5.92 Å². The molecule has 0 aromatic heterocycles. The van der Waals surface area contributed by atoms with Crippen molar-refractivity contribution >= 4 is 0 Å². The molecule has 1 rings (SSSR count). The third kappa shape index (κ3) is 2.68. The van der Waals surface area contributed by atoms with Crippen molar-refractivity contribution in [3.63, 3.8) is 0 Å². The third-order valence-corrected chi connectivity index (χ3v) is 2.79. The van der Waals surface area contributed by atoms with Gasteiger partial charge in [-0.1, -0.05) is 6.92 Å². The molecule has 0 aliphatic carbocycles. The molecule has 0 bridgehead atoms. The molecule has 0 spiro atoms. The summed E-state index contributed by atoms with van der Waals surface area (Å²) in [5.74, 6) is 0.743. The summed E-state index contributed by atoms with van der Waals surface area (Å²) in [6, 6.07) is 2.50. The molecule has 13 heavy (non-hydrogen) atoms. The van der Waals surface area contributed by atoms with E-state index in [-0.39, 0.29) is 6.04 Å². The second-order valence-electron chi connectivity index (χ2n) is 3.76. The molecule has 0 aromatic rings. The van der Waals surface area contributed by atoms with Crippen LogP contribution in [0.3, 0.4) is 0 Å². The first-order valence-electron chi connectivity index (χ1n) is 5.10. The Bertz CT molecular complexity index is 185. The zero-order chi connectivity index (χ0) is 9.68. The van der Waals surface area contributed by atoms with E-state index in [0.29, 0.717) is 0 Å². The van der Waals surface area contributed by atoms with Crippen LogP contribution in [0, 0.1) is 17.2 Å². The maximum Gasteiger partial charge on any atom is 0.0975 e. The van der Waals surface area contributed by atoms with Crippen molar-refractivity contribution in [2.45, 2.75) is 25.8 Å². The Balaban J connectivity index is 2.36. The average molecular weight is 181 g/mol. The van der Waals surface area contributed by atoms with Gasteiger partial charge in [0.2, 0.25) is 0 Å². The maximum absolute atomic E-state index is 8.90. The van der Waals surface area contributed by atoms with Gasteiger partial charge in [0.05, 0.1) is 12.1 Å². The van der Waals surface area contributed by atoms with E-state index < -0.39 is 0 Å². The predicted octanol–water partition coefficient (Wildman–Crippen LogP) is 0.830. The van der Waals surface area contributed by atoms with Crippen molar-refractivity contribution in [1.82, 2.24) is 10.2 Å². The van der Waals surface area contributed by atoms with Gasteiger partial charge in [-0.15, -0.1) is 0 Å². The third-order valence-electron chi connectivity index (χ3n) is 2.79. The molecule has 3 nitrogen and oxygen atoms in total. The highest BCUT2D eigenvalue weighted by Crippen LogP contribution is 2.18. The highest BCUT2D eigenvalue weighted by atomic mass is 15.2. The van der Waals surface area contributed by atoms with Gasteiger partial charge in [0, 0.05) is 6.54 Å². The highest BCUT2D eigenvalue weighted by Gasteiger charge is 2.26. The van der Waals surface area contributed by atoms with Gasteiger partial charge in [-0.3, -0.25) is 4.90 Å². The number of nitrogens with one attached hydrogen (secondary N) is 1. The molecule has 1 saturated heterocycles. The zero-order valence-electron chi connectivity index (χ0n) is 8.58. The van der Waals surface area contributed by atoms with Crippen molar-refractivity contribution in [3.05, 3.63) is 0 Å². The fourth-order valence-corrected chi connectivity index (χ4v) is 2.03. The Kier molecular flexibility index (Phi) is 4.20. The quantitative estimate of drug-likeness (QED) is 0.698. The molecule has 0 aromatic carbocycles. The van der Waals surface area contributed by atoms with E-state index in [1.807, 2.05) is 7.05 Å². The van der Waals surface area contributed by atoms with Crippen LogP contribution in [0.4, 0.5) is 0 Å². The molecular formula is C10H19N3. The average Bonchev–Trinajstić information content (AvgIpc) is 2.56. The van der Waals surface area contributed by atoms with E-state index in [2.05, 4.69) is 23.2 Å². The smallest absolute Gasteiger partial charge is 0.0975 e. The van der Waals surface area contributed by atoms with E-state index in [1.165, 1.54) is 6.42 Å². The summed E-state index contributed by atoms with van der Waals surface area (Å²) in [7, 11) is 1.99. The molecule has 1 fully saturated rings. The van der Waals surface area contributed by atoms with Crippen molar-refractivity contribution in [2.75, 3.05) is 26.7 Å². The molecule has 1 aliphatic heterocycles. The molecule has 0 radical (unpaired) electrons. The van der Waals surface area contributed by atoms with Gasteiger partial charge >= 0.3 is 0 Å². The van der Waals surface area contributed by atoms with Crippen molar-refractivity contribution < 1.29 is 0 Å². The fraction of sp³-hybridized carbons (Fsp3) is 0.900. The van der Waals surface area contributed by atoms with Crippen LogP contribution in [0.2, 0.25) is 0 Å². The summed E-state index contributed by atoms with van der Waals surface area (Å²) >= 11 is 0. The molecule has 1 heterocycles. The summed E-state index contributed by atoms with van der Waals surface area (Å²) in [6.07, 6.45) is 2.18. The van der Waals surface area contributed by atoms with E-state index >= 15 is 0 Å². The minimum Gasteiger partial charge on any atom is -0.319 e. The standard InChI is InChI=1S/C10H19N3/c1-3-10(6-11)13-5-4-9(8-13)7-12-2/h9-10,12H,3-5,7-8H2,1-2H3. The SMILES string of the molecule is CCC(C#N)N1CCC(CNC)C1. The van der Waals surface area contributed by atoms with Crippen LogP contribution in [0.5, 0.6) is 0 Å². The van der Waals surface area contributed by atoms with Crippen molar-refractivity contribution in [3.8, 4) is 6.07 Å². The Morgan fingerprint density at radius 2 is 2.46 bits per heavy atom. The molecule has 0 amide bonds. The van der Waals surface area contributed by atoms with Crippen LogP contribution in [0.1, 0.15) is 19.8 Å². The lowest BCUT2D eigenvalue weighted by Crippen LogP contribution is -2.32. The van der Waals surface area contributed by atoms with Gasteiger partial charge in [-0.05, 0) is 38.9 Å². The summed E-state index contributed by atoms with van der Waals surface area (Å²) in [5, 5.41) is 12.1. The second kappa shape index (κ2) is 5.21. The van der Waals surface area contributed by atoms with Gasteiger partial charge in [0.25, 0.3) is 0 Å². The van der Waals surface area contributed by atoms with Gasteiger partial charge < -0.3 is 5.32 Å². The highest BCUT2D eigenvalue weighted by molar-refractivity contribution is 4.94. The molecule has 2 atom stereocenters. The Hall–Kier alpha value is -0.590. The molecule has 2 unspecified atom stereocenters. The lowest BCUT2D eigenvalue weighted by atomic mass is 10.1. The molecule has 1 aliphatic rings. The van der Waals surface area contributed by atoms with E-state index in [1.54, 1.807) is 0 Å². The number of hydrogen-bond acceptors (Lipinski definition) is 3. The Morgan fingerprint density at radius 1 is 1.69 bits per heavy atom. The second-order valence-corrected chi connectivity index (χ2v) is 3.76. The Morgan fingerprint density at radius 3 is 3.00 bits per heavy atom. The summed E-state index contributed by atoms with van der Waals surface area (Å²) in [6.45, 7) is 5.35. The first-order chi connectivity index (χ1) is 6.31. The fourth-order valence-electron chi connectivity index (χ4n) is 2.03. The Labute approximate surface area is 80.7 Å². The molecule has 1 N–H and O–H groups in total. The summed E-state index contributed by atoms with van der Waals surface area (Å²) in [4.78, 5) is 2.31. The zero-order valence-corrected chi connectivity index (χ0v) is 8.58. The largest absolute Gasteiger partial charge is 0.319 e. The topological polar surface area (TPSA) is 39.1 Å². The monoisotopic (exact) mass is 181 g/mol. The lowest BCUT2D eigenvalue weighted by Gasteiger charge is -2.20. The molecule has 74 valence electrons. The molecule has 3 heteroatoms. The molecule has 0 saturated carbocycles. The van der Waals surface area contributed by atoms with Gasteiger partial charge in [0.1, 0.15) is 0 Å². The normalized spacial score (nSPS) is 25.8. The summed E-state index contributed by atoms with van der Waals surface area (Å²) < 4.78 is 0. The van der Waals surface area contributed by atoms with E-state index in [0.717, 1.165) is 32.0 Å². The van der Waals surface area contributed by atoms with Crippen LogP contribution in [0.15, 0.2) is 0 Å². The first-order valence-corrected chi connectivity index (χ1v) is 5.10. The molecular weight excluding hydrogens is 162 g/mol. The maximum atomic E-state index is 8.90. The summed E-state index contributed by atoms with van der Waals surface area (Å²) in [5.41, 5.74) is 0. The number of nitriles is 1. The number of nitrogens with zero attached hydrogens (tertiary/aromatic N) is 2. The van der Waals surface area contributed by atoms with Crippen LogP contribution < -0.4 is 5.32 Å². The number of hydrogen-bond donors (Lipinski definition) is 1. The van der Waals surface area contributed by atoms with Crippen molar-refractivity contribution in [1.29, 1.82) is 5.26 Å². The number of likely N-dealkylation sites (tertiary alicyclic amines) is 1. The van der Waals surface area contributed by atoms with Crippen LogP contribution in [0.25, 0.3) is 0 Å². The minimum absolute atomic E-state index is 0.141. The van der Waals surface area contributed by atoms with Crippen LogP contribution in [-0.2, 0) is 0 Å². The van der Waals surface area contributed by atoms with E-state index in [4.69, 9.17) is 5.26 Å². The minimum atomic E-state index is 0.141. The predicted molar refractivity (Wildman–Crippen MR) is 53.3 cm³/mol. The van der Waals surface area contributed by atoms with Gasteiger partial charge in [0.15, 0.2) is 0 Å². The lowest BCUT2D eigenvalue weighted by molar-refractivity contribution is 0.272. The van der Waals surface area contributed by atoms with Crippen LogP contribution in [-0.4, -0.2) is 37.6 Å². The van der Waals surface area contributed by atoms with Gasteiger partial charge in [-0.25, -0.2) is 0 Å².